The lowest BCUT2D eigenvalue weighted by Crippen LogP contribution is -2.40. The monoisotopic (exact) mass is 297 g/mol. The van der Waals surface area contributed by atoms with Crippen molar-refractivity contribution >= 4 is 11.6 Å². The second kappa shape index (κ2) is 8.17. The third-order valence-corrected chi connectivity index (χ3v) is 3.78. The lowest BCUT2D eigenvalue weighted by Gasteiger charge is -2.27. The van der Waals surface area contributed by atoms with Crippen molar-refractivity contribution in [3.05, 3.63) is 60.4 Å². The number of amides is 1. The maximum atomic E-state index is 11.9. The highest BCUT2D eigenvalue weighted by atomic mass is 16.1. The summed E-state index contributed by atoms with van der Waals surface area (Å²) in [5.74, 6) is 0.0807. The molecule has 0 aliphatic heterocycles. The van der Waals surface area contributed by atoms with E-state index in [1.807, 2.05) is 37.4 Å². The van der Waals surface area contributed by atoms with E-state index in [2.05, 4.69) is 34.3 Å². The number of nitrogens with one attached hydrogen (secondary N) is 1. The average molecular weight is 297 g/mol. The molecule has 4 nitrogen and oxygen atoms in total. The summed E-state index contributed by atoms with van der Waals surface area (Å²) in [7, 11) is 2.04. The summed E-state index contributed by atoms with van der Waals surface area (Å²) >= 11 is 0. The number of likely N-dealkylation sites (N-methyl/N-ethyl adjacent to an activating group) is 1. The van der Waals surface area contributed by atoms with Crippen molar-refractivity contribution in [3.8, 4) is 0 Å². The topological polar surface area (TPSA) is 45.2 Å². The number of carbonyl (C=O) groups is 1. The zero-order chi connectivity index (χ0) is 15.8. The van der Waals surface area contributed by atoms with Crippen molar-refractivity contribution < 1.29 is 4.79 Å². The number of benzene rings is 1. The summed E-state index contributed by atoms with van der Waals surface area (Å²) in [6.45, 7) is 2.74. The Morgan fingerprint density at radius 3 is 2.68 bits per heavy atom. The van der Waals surface area contributed by atoms with Gasteiger partial charge >= 0.3 is 0 Å². The number of carbonyl (C=O) groups excluding carboxylic acids is 1. The van der Waals surface area contributed by atoms with Crippen LogP contribution in [-0.4, -0.2) is 30.5 Å². The van der Waals surface area contributed by atoms with Crippen LogP contribution in [0.5, 0.6) is 0 Å². The van der Waals surface area contributed by atoms with Gasteiger partial charge in [-0.05, 0) is 37.1 Å². The first-order valence-electron chi connectivity index (χ1n) is 7.60. The molecule has 1 N–H and O–H groups in total. The molecule has 0 aliphatic rings. The van der Waals surface area contributed by atoms with Gasteiger partial charge in [0.2, 0.25) is 5.91 Å². The van der Waals surface area contributed by atoms with Gasteiger partial charge in [0.15, 0.2) is 0 Å². The van der Waals surface area contributed by atoms with Gasteiger partial charge in [-0.2, -0.15) is 0 Å². The van der Waals surface area contributed by atoms with Crippen LogP contribution < -0.4 is 10.2 Å². The van der Waals surface area contributed by atoms with E-state index in [9.17, 15) is 4.79 Å². The molecule has 0 saturated heterocycles. The number of aryl methyl sites for hydroxylation is 1. The molecule has 0 aliphatic carbocycles. The fraction of sp³-hybridized carbons (Fsp3) is 0.333. The summed E-state index contributed by atoms with van der Waals surface area (Å²) in [6, 6.07) is 14.3. The van der Waals surface area contributed by atoms with Crippen LogP contribution in [0.4, 0.5) is 5.69 Å². The van der Waals surface area contributed by atoms with Gasteiger partial charge in [0, 0.05) is 44.1 Å². The van der Waals surface area contributed by atoms with Crippen LogP contribution in [0.3, 0.4) is 0 Å². The Morgan fingerprint density at radius 1 is 1.23 bits per heavy atom. The zero-order valence-electron chi connectivity index (χ0n) is 13.2. The van der Waals surface area contributed by atoms with E-state index in [1.54, 1.807) is 12.4 Å². The molecule has 4 heteroatoms. The quantitative estimate of drug-likeness (QED) is 0.854. The smallest absolute Gasteiger partial charge is 0.220 e. The average Bonchev–Trinajstić information content (AvgIpc) is 2.58. The number of anilines is 1. The second-order valence-corrected chi connectivity index (χ2v) is 5.46. The Bertz CT molecular complexity index is 571. The molecule has 1 aromatic carbocycles. The molecule has 2 rings (SSSR count). The number of aromatic nitrogens is 1. The molecular weight excluding hydrogens is 274 g/mol. The summed E-state index contributed by atoms with van der Waals surface area (Å²) < 4.78 is 0. The number of pyridine rings is 1. The molecule has 0 saturated carbocycles. The van der Waals surface area contributed by atoms with Gasteiger partial charge in [0.25, 0.3) is 0 Å². The maximum Gasteiger partial charge on any atom is 0.220 e. The Hall–Kier alpha value is -2.36. The second-order valence-electron chi connectivity index (χ2n) is 5.46. The van der Waals surface area contributed by atoms with Gasteiger partial charge in [-0.25, -0.2) is 0 Å². The van der Waals surface area contributed by atoms with E-state index in [4.69, 9.17) is 0 Å². The first-order valence-corrected chi connectivity index (χ1v) is 7.60. The van der Waals surface area contributed by atoms with Crippen LogP contribution >= 0.6 is 0 Å². The van der Waals surface area contributed by atoms with Gasteiger partial charge in [0.05, 0.1) is 0 Å². The van der Waals surface area contributed by atoms with Crippen molar-refractivity contribution in [3.63, 3.8) is 0 Å². The first kappa shape index (κ1) is 16.0. The largest absolute Gasteiger partial charge is 0.370 e. The van der Waals surface area contributed by atoms with Gasteiger partial charge in [-0.3, -0.25) is 9.78 Å². The lowest BCUT2D eigenvalue weighted by molar-refractivity contribution is -0.121. The van der Waals surface area contributed by atoms with Crippen molar-refractivity contribution in [2.24, 2.45) is 0 Å². The highest BCUT2D eigenvalue weighted by Gasteiger charge is 2.11. The van der Waals surface area contributed by atoms with Crippen molar-refractivity contribution in [2.75, 3.05) is 18.5 Å². The number of rotatable bonds is 7. The van der Waals surface area contributed by atoms with Crippen molar-refractivity contribution in [2.45, 2.75) is 25.8 Å². The summed E-state index contributed by atoms with van der Waals surface area (Å²) in [4.78, 5) is 18.2. The lowest BCUT2D eigenvalue weighted by atomic mass is 10.1. The molecule has 1 aromatic heterocycles. The third kappa shape index (κ3) is 4.88. The summed E-state index contributed by atoms with van der Waals surface area (Å²) in [6.07, 6.45) is 4.76. The van der Waals surface area contributed by atoms with Gasteiger partial charge < -0.3 is 10.2 Å². The third-order valence-electron chi connectivity index (χ3n) is 3.78. The molecule has 0 spiro atoms. The van der Waals surface area contributed by atoms with Gasteiger partial charge in [0.1, 0.15) is 0 Å². The highest BCUT2D eigenvalue weighted by molar-refractivity contribution is 5.76. The van der Waals surface area contributed by atoms with E-state index < -0.39 is 0 Å². The number of hydrogen-bond donors (Lipinski definition) is 1. The predicted molar refractivity (Wildman–Crippen MR) is 89.9 cm³/mol. The van der Waals surface area contributed by atoms with E-state index >= 15 is 0 Å². The zero-order valence-corrected chi connectivity index (χ0v) is 13.2. The molecular formula is C18H23N3O. The van der Waals surface area contributed by atoms with Crippen LogP contribution in [0.15, 0.2) is 54.9 Å². The Balaban J connectivity index is 1.74. The molecule has 1 heterocycles. The number of nitrogens with zero attached hydrogens (tertiary/aromatic N) is 2. The van der Waals surface area contributed by atoms with Crippen molar-refractivity contribution in [1.29, 1.82) is 0 Å². The first-order chi connectivity index (χ1) is 10.7. The fourth-order valence-electron chi connectivity index (χ4n) is 2.21. The molecule has 1 amide bonds. The van der Waals surface area contributed by atoms with Crippen molar-refractivity contribution in [1.82, 2.24) is 10.3 Å². The summed E-state index contributed by atoms with van der Waals surface area (Å²) in [5, 5.41) is 3.00. The highest BCUT2D eigenvalue weighted by Crippen LogP contribution is 2.13. The minimum atomic E-state index is 0.0807. The van der Waals surface area contributed by atoms with Crippen LogP contribution in [0.1, 0.15) is 18.9 Å². The number of para-hydroxylation sites is 1. The van der Waals surface area contributed by atoms with Gasteiger partial charge in [-0.15, -0.1) is 0 Å². The summed E-state index contributed by atoms with van der Waals surface area (Å²) in [5.41, 5.74) is 2.24. The van der Waals surface area contributed by atoms with Gasteiger partial charge in [-0.1, -0.05) is 24.3 Å². The Labute approximate surface area is 132 Å². The minimum Gasteiger partial charge on any atom is -0.370 e. The van der Waals surface area contributed by atoms with E-state index in [1.165, 1.54) is 0 Å². The van der Waals surface area contributed by atoms with E-state index in [0.717, 1.165) is 17.7 Å². The predicted octanol–water partition coefficient (Wildman–Crippen LogP) is 2.66. The molecule has 2 aromatic rings. The normalized spacial score (nSPS) is 11.7. The minimum absolute atomic E-state index is 0.0807. The molecule has 0 fully saturated rings. The standard InChI is InChI=1S/C18H23N3O/c1-15(21(2)17-8-4-3-5-9-17)13-20-18(22)11-10-16-7-6-12-19-14-16/h3-9,12,14-15H,10-11,13H2,1-2H3,(H,20,22). The SMILES string of the molecule is CC(CNC(=O)CCc1cccnc1)N(C)c1ccccc1. The van der Waals surface area contributed by atoms with Crippen LogP contribution in [0, 0.1) is 0 Å². The molecule has 1 unspecified atom stereocenters. The number of hydrogen-bond acceptors (Lipinski definition) is 3. The molecule has 1 atom stereocenters. The molecule has 116 valence electrons. The van der Waals surface area contributed by atoms with Crippen LogP contribution in [-0.2, 0) is 11.2 Å². The molecule has 22 heavy (non-hydrogen) atoms. The van der Waals surface area contributed by atoms with E-state index in [-0.39, 0.29) is 11.9 Å². The fourth-order valence-corrected chi connectivity index (χ4v) is 2.21. The van der Waals surface area contributed by atoms with Crippen LogP contribution in [0.25, 0.3) is 0 Å². The Morgan fingerprint density at radius 2 is 2.00 bits per heavy atom. The molecule has 0 bridgehead atoms. The Kier molecular flexibility index (Phi) is 5.95. The van der Waals surface area contributed by atoms with E-state index in [0.29, 0.717) is 13.0 Å². The molecule has 0 radical (unpaired) electrons. The maximum absolute atomic E-state index is 11.9. The van der Waals surface area contributed by atoms with Crippen LogP contribution in [0.2, 0.25) is 0 Å².